The summed E-state index contributed by atoms with van der Waals surface area (Å²) in [6.07, 6.45) is 3.34. The Kier molecular flexibility index (Phi) is 4.11. The van der Waals surface area contributed by atoms with Gasteiger partial charge < -0.3 is 4.52 Å². The molecule has 2 aromatic rings. The molecule has 2 heterocycles. The second-order valence-corrected chi connectivity index (χ2v) is 5.75. The predicted octanol–water partition coefficient (Wildman–Crippen LogP) is 2.89. The molecule has 20 heavy (non-hydrogen) atoms. The van der Waals surface area contributed by atoms with Crippen LogP contribution in [-0.4, -0.2) is 28.1 Å². The Morgan fingerprint density at radius 3 is 2.95 bits per heavy atom. The molecule has 1 aliphatic rings. The largest absolute Gasteiger partial charge is 0.338 e. The van der Waals surface area contributed by atoms with Gasteiger partial charge in [-0.1, -0.05) is 42.4 Å². The SMILES string of the molecule is CC1CCCN(Cc2nc(Cc3ccccc3)no2)C1. The van der Waals surface area contributed by atoms with Crippen molar-refractivity contribution in [3.63, 3.8) is 0 Å². The molecular formula is C16H21N3O. The van der Waals surface area contributed by atoms with Crippen molar-refractivity contribution >= 4 is 0 Å². The van der Waals surface area contributed by atoms with Crippen LogP contribution in [0, 0.1) is 5.92 Å². The number of aromatic nitrogens is 2. The quantitative estimate of drug-likeness (QED) is 0.857. The highest BCUT2D eigenvalue weighted by atomic mass is 16.5. The average Bonchev–Trinajstić information content (AvgIpc) is 2.87. The van der Waals surface area contributed by atoms with Gasteiger partial charge in [0.05, 0.1) is 6.54 Å². The van der Waals surface area contributed by atoms with Crippen molar-refractivity contribution in [1.29, 1.82) is 0 Å². The Hall–Kier alpha value is -1.68. The summed E-state index contributed by atoms with van der Waals surface area (Å²) >= 11 is 0. The smallest absolute Gasteiger partial charge is 0.240 e. The first-order valence-electron chi connectivity index (χ1n) is 7.37. The summed E-state index contributed by atoms with van der Waals surface area (Å²) < 4.78 is 5.37. The Bertz CT molecular complexity index is 538. The van der Waals surface area contributed by atoms with Gasteiger partial charge in [0.15, 0.2) is 5.82 Å². The molecule has 1 unspecified atom stereocenters. The second-order valence-electron chi connectivity index (χ2n) is 5.75. The number of benzene rings is 1. The molecule has 1 atom stereocenters. The first kappa shape index (κ1) is 13.3. The van der Waals surface area contributed by atoms with Gasteiger partial charge >= 0.3 is 0 Å². The first-order chi connectivity index (χ1) is 9.79. The number of likely N-dealkylation sites (tertiary alicyclic amines) is 1. The standard InChI is InChI=1S/C16H21N3O/c1-13-6-5-9-19(11-13)12-16-17-15(18-20-16)10-14-7-3-2-4-8-14/h2-4,7-8,13H,5-6,9-12H2,1H3. The summed E-state index contributed by atoms with van der Waals surface area (Å²) in [7, 11) is 0. The normalized spacial score (nSPS) is 20.1. The molecule has 1 saturated heterocycles. The Balaban J connectivity index is 1.59. The first-order valence-corrected chi connectivity index (χ1v) is 7.37. The summed E-state index contributed by atoms with van der Waals surface area (Å²) in [5.41, 5.74) is 1.21. The molecule has 4 nitrogen and oxygen atoms in total. The minimum absolute atomic E-state index is 0.737. The monoisotopic (exact) mass is 271 g/mol. The molecule has 0 radical (unpaired) electrons. The third kappa shape index (κ3) is 3.45. The molecule has 0 amide bonds. The Morgan fingerprint density at radius 2 is 2.15 bits per heavy atom. The lowest BCUT2D eigenvalue weighted by Crippen LogP contribution is -2.33. The fourth-order valence-electron chi connectivity index (χ4n) is 2.83. The van der Waals surface area contributed by atoms with E-state index in [0.717, 1.165) is 43.7 Å². The van der Waals surface area contributed by atoms with Gasteiger partial charge in [-0.2, -0.15) is 4.98 Å². The number of piperidine rings is 1. The molecule has 0 aliphatic carbocycles. The van der Waals surface area contributed by atoms with E-state index < -0.39 is 0 Å². The van der Waals surface area contributed by atoms with Gasteiger partial charge in [-0.3, -0.25) is 4.90 Å². The molecule has 1 aromatic heterocycles. The van der Waals surface area contributed by atoms with Gasteiger partial charge in [0.1, 0.15) is 0 Å². The average molecular weight is 271 g/mol. The topological polar surface area (TPSA) is 42.2 Å². The van der Waals surface area contributed by atoms with Gasteiger partial charge in [-0.15, -0.1) is 0 Å². The Labute approximate surface area is 119 Å². The summed E-state index contributed by atoms with van der Waals surface area (Å²) in [5.74, 6) is 2.29. The molecule has 0 N–H and O–H groups in total. The van der Waals surface area contributed by atoms with E-state index in [1.54, 1.807) is 0 Å². The summed E-state index contributed by atoms with van der Waals surface area (Å²) in [6.45, 7) is 5.37. The summed E-state index contributed by atoms with van der Waals surface area (Å²) in [5, 5.41) is 4.08. The van der Waals surface area contributed by atoms with Gasteiger partial charge in [-0.25, -0.2) is 0 Å². The fraction of sp³-hybridized carbons (Fsp3) is 0.500. The van der Waals surface area contributed by atoms with E-state index in [2.05, 4.69) is 34.1 Å². The van der Waals surface area contributed by atoms with E-state index in [4.69, 9.17) is 4.52 Å². The lowest BCUT2D eigenvalue weighted by atomic mass is 10.0. The zero-order valence-corrected chi connectivity index (χ0v) is 12.0. The van der Waals surface area contributed by atoms with Crippen LogP contribution in [0.25, 0.3) is 0 Å². The third-order valence-corrected chi connectivity index (χ3v) is 3.82. The third-order valence-electron chi connectivity index (χ3n) is 3.82. The molecular weight excluding hydrogens is 250 g/mol. The molecule has 0 saturated carbocycles. The van der Waals surface area contributed by atoms with Gasteiger partial charge in [0, 0.05) is 13.0 Å². The molecule has 106 valence electrons. The summed E-state index contributed by atoms with van der Waals surface area (Å²) in [4.78, 5) is 6.92. The van der Waals surface area contributed by atoms with Gasteiger partial charge in [-0.05, 0) is 30.9 Å². The number of hydrogen-bond acceptors (Lipinski definition) is 4. The van der Waals surface area contributed by atoms with E-state index in [1.807, 2.05) is 18.2 Å². The van der Waals surface area contributed by atoms with Crippen molar-refractivity contribution in [2.24, 2.45) is 5.92 Å². The highest BCUT2D eigenvalue weighted by molar-refractivity contribution is 5.18. The number of hydrogen-bond donors (Lipinski definition) is 0. The van der Waals surface area contributed by atoms with Crippen LogP contribution in [0.3, 0.4) is 0 Å². The van der Waals surface area contributed by atoms with E-state index in [9.17, 15) is 0 Å². The van der Waals surface area contributed by atoms with E-state index >= 15 is 0 Å². The highest BCUT2D eigenvalue weighted by Crippen LogP contribution is 2.17. The van der Waals surface area contributed by atoms with Crippen LogP contribution in [0.4, 0.5) is 0 Å². The van der Waals surface area contributed by atoms with Crippen molar-refractivity contribution in [2.45, 2.75) is 32.7 Å². The van der Waals surface area contributed by atoms with Crippen molar-refractivity contribution in [3.8, 4) is 0 Å². The molecule has 0 spiro atoms. The van der Waals surface area contributed by atoms with Crippen LogP contribution < -0.4 is 0 Å². The van der Waals surface area contributed by atoms with Gasteiger partial charge in [0.25, 0.3) is 0 Å². The number of nitrogens with zero attached hydrogens (tertiary/aromatic N) is 3. The lowest BCUT2D eigenvalue weighted by Gasteiger charge is -2.29. The second kappa shape index (κ2) is 6.18. The van der Waals surface area contributed by atoms with E-state index in [1.165, 1.54) is 18.4 Å². The van der Waals surface area contributed by atoms with Crippen molar-refractivity contribution in [2.75, 3.05) is 13.1 Å². The van der Waals surface area contributed by atoms with Crippen LogP contribution in [0.5, 0.6) is 0 Å². The Morgan fingerprint density at radius 1 is 1.30 bits per heavy atom. The molecule has 1 aromatic carbocycles. The van der Waals surface area contributed by atoms with Crippen molar-refractivity contribution in [3.05, 3.63) is 47.6 Å². The van der Waals surface area contributed by atoms with Crippen LogP contribution in [0.2, 0.25) is 0 Å². The highest BCUT2D eigenvalue weighted by Gasteiger charge is 2.18. The molecule has 1 aliphatic heterocycles. The van der Waals surface area contributed by atoms with Crippen LogP contribution >= 0.6 is 0 Å². The molecule has 3 rings (SSSR count). The van der Waals surface area contributed by atoms with E-state index in [0.29, 0.717) is 0 Å². The molecule has 0 bridgehead atoms. The molecule has 1 fully saturated rings. The minimum atomic E-state index is 0.737. The molecule has 4 heteroatoms. The summed E-state index contributed by atoms with van der Waals surface area (Å²) in [6, 6.07) is 10.3. The lowest BCUT2D eigenvalue weighted by molar-refractivity contribution is 0.157. The fourth-order valence-corrected chi connectivity index (χ4v) is 2.83. The van der Waals surface area contributed by atoms with E-state index in [-0.39, 0.29) is 0 Å². The van der Waals surface area contributed by atoms with Crippen LogP contribution in [0.15, 0.2) is 34.9 Å². The zero-order chi connectivity index (χ0) is 13.8. The maximum Gasteiger partial charge on any atom is 0.240 e. The van der Waals surface area contributed by atoms with Crippen molar-refractivity contribution in [1.82, 2.24) is 15.0 Å². The zero-order valence-electron chi connectivity index (χ0n) is 12.0. The maximum atomic E-state index is 5.37. The predicted molar refractivity (Wildman–Crippen MR) is 77.2 cm³/mol. The number of rotatable bonds is 4. The minimum Gasteiger partial charge on any atom is -0.338 e. The maximum absolute atomic E-state index is 5.37. The van der Waals surface area contributed by atoms with Crippen LogP contribution in [-0.2, 0) is 13.0 Å². The van der Waals surface area contributed by atoms with Gasteiger partial charge in [0.2, 0.25) is 5.89 Å². The van der Waals surface area contributed by atoms with Crippen LogP contribution in [0.1, 0.15) is 37.0 Å². The van der Waals surface area contributed by atoms with Crippen molar-refractivity contribution < 1.29 is 4.52 Å².